The van der Waals surface area contributed by atoms with Crippen LogP contribution in [0.3, 0.4) is 0 Å². The number of ketones is 1. The third-order valence-corrected chi connectivity index (χ3v) is 4.52. The van der Waals surface area contributed by atoms with Crippen LogP contribution in [0.1, 0.15) is 59.6 Å². The summed E-state index contributed by atoms with van der Waals surface area (Å²) >= 11 is 0. The quantitative estimate of drug-likeness (QED) is 0.319. The molecule has 0 N–H and O–H groups in total. The number of halogens is 3. The summed E-state index contributed by atoms with van der Waals surface area (Å²) in [6.07, 6.45) is 4.33. The number of carbonyl (C=O) groups is 1. The molecule has 2 rings (SSSR count). The Morgan fingerprint density at radius 2 is 1.55 bits per heavy atom. The van der Waals surface area contributed by atoms with Gasteiger partial charge >= 0.3 is 0 Å². The second kappa shape index (κ2) is 15.1. The zero-order valence-corrected chi connectivity index (χ0v) is 21.2. The summed E-state index contributed by atoms with van der Waals surface area (Å²) < 4.78 is 39.4. The SMILES string of the molecule is C=CN(/C=C(\C)C(C)=O)CC.CC(C)C.CCc1ccc(C)c(-c2cc(F)c(F)c(F)c2)c1. The van der Waals surface area contributed by atoms with Crippen LogP contribution in [-0.4, -0.2) is 17.2 Å². The second-order valence-corrected chi connectivity index (χ2v) is 8.37. The lowest BCUT2D eigenvalue weighted by Crippen LogP contribution is -2.09. The Balaban J connectivity index is 0.000000584. The van der Waals surface area contributed by atoms with Gasteiger partial charge in [-0.05, 0) is 80.6 Å². The molecule has 33 heavy (non-hydrogen) atoms. The molecule has 0 saturated carbocycles. The Kier molecular flexibility index (Phi) is 13.8. The molecule has 0 atom stereocenters. The molecular weight excluding hydrogens is 423 g/mol. The zero-order valence-electron chi connectivity index (χ0n) is 21.2. The van der Waals surface area contributed by atoms with Crippen LogP contribution < -0.4 is 0 Å². The molecular formula is C28H38F3NO. The molecule has 2 aromatic carbocycles. The Hall–Kier alpha value is -2.82. The van der Waals surface area contributed by atoms with Gasteiger partial charge in [-0.3, -0.25) is 4.79 Å². The third-order valence-electron chi connectivity index (χ3n) is 4.52. The highest BCUT2D eigenvalue weighted by molar-refractivity contribution is 5.92. The van der Waals surface area contributed by atoms with E-state index in [9.17, 15) is 18.0 Å². The maximum atomic E-state index is 13.2. The second-order valence-electron chi connectivity index (χ2n) is 8.37. The lowest BCUT2D eigenvalue weighted by Gasteiger charge is -2.11. The molecule has 0 aromatic heterocycles. The Morgan fingerprint density at radius 3 is 1.94 bits per heavy atom. The van der Waals surface area contributed by atoms with E-state index in [4.69, 9.17) is 0 Å². The molecule has 2 aromatic rings. The molecule has 0 aliphatic heterocycles. The van der Waals surface area contributed by atoms with Crippen molar-refractivity contribution in [1.29, 1.82) is 0 Å². The van der Waals surface area contributed by atoms with Crippen molar-refractivity contribution in [2.24, 2.45) is 5.92 Å². The Morgan fingerprint density at radius 1 is 1.03 bits per heavy atom. The van der Waals surface area contributed by atoms with E-state index in [1.54, 1.807) is 26.2 Å². The number of aryl methyl sites for hydroxylation is 2. The minimum atomic E-state index is -1.43. The molecule has 0 bridgehead atoms. The Labute approximate surface area is 197 Å². The summed E-state index contributed by atoms with van der Waals surface area (Å²) in [6.45, 7) is 20.2. The molecule has 0 aliphatic carbocycles. The standard InChI is InChI=1S/C15H13F3.C9H15NO.C4H10/c1-3-10-5-4-9(2)12(6-10)11-7-13(16)15(18)14(17)8-11;1-5-10(6-2)7-8(3)9(4)11;1-4(2)3/h4-8H,3H2,1-2H3;5,7H,1,6H2,2-4H3;4H,1-3H3/b;8-7+;. The molecule has 0 amide bonds. The number of hydrogen-bond donors (Lipinski definition) is 0. The predicted octanol–water partition coefficient (Wildman–Crippen LogP) is 8.25. The summed E-state index contributed by atoms with van der Waals surface area (Å²) in [4.78, 5) is 12.7. The molecule has 5 heteroatoms. The summed E-state index contributed by atoms with van der Waals surface area (Å²) in [5, 5.41) is 0. The van der Waals surface area contributed by atoms with Crippen LogP contribution in [0, 0.1) is 30.3 Å². The van der Waals surface area contributed by atoms with Crippen molar-refractivity contribution in [3.05, 3.63) is 83.5 Å². The largest absolute Gasteiger partial charge is 0.355 e. The summed E-state index contributed by atoms with van der Waals surface area (Å²) in [5.74, 6) is -2.81. The smallest absolute Gasteiger partial charge is 0.194 e. The molecule has 0 saturated heterocycles. The van der Waals surface area contributed by atoms with E-state index in [1.807, 2.05) is 43.9 Å². The first-order valence-corrected chi connectivity index (χ1v) is 11.2. The van der Waals surface area contributed by atoms with Gasteiger partial charge in [-0.15, -0.1) is 0 Å². The zero-order chi connectivity index (χ0) is 25.7. The minimum absolute atomic E-state index is 0.102. The highest BCUT2D eigenvalue weighted by Gasteiger charge is 2.13. The fraction of sp³-hybridized carbons (Fsp3) is 0.393. The first kappa shape index (κ1) is 30.2. The molecule has 0 radical (unpaired) electrons. The normalized spacial score (nSPS) is 10.6. The van der Waals surface area contributed by atoms with Gasteiger partial charge in [0.15, 0.2) is 23.2 Å². The third kappa shape index (κ3) is 11.0. The molecule has 0 fully saturated rings. The van der Waals surface area contributed by atoms with Crippen molar-refractivity contribution in [2.45, 2.75) is 61.8 Å². The van der Waals surface area contributed by atoms with Crippen molar-refractivity contribution in [3.63, 3.8) is 0 Å². The molecule has 0 unspecified atom stereocenters. The van der Waals surface area contributed by atoms with Crippen molar-refractivity contribution in [1.82, 2.24) is 4.90 Å². The van der Waals surface area contributed by atoms with Crippen LogP contribution in [0.2, 0.25) is 0 Å². The maximum Gasteiger partial charge on any atom is 0.194 e. The molecule has 182 valence electrons. The monoisotopic (exact) mass is 461 g/mol. The van der Waals surface area contributed by atoms with Crippen LogP contribution in [0.4, 0.5) is 13.2 Å². The average molecular weight is 462 g/mol. The summed E-state index contributed by atoms with van der Waals surface area (Å²) in [6, 6.07) is 7.80. The predicted molar refractivity (Wildman–Crippen MR) is 133 cm³/mol. The first-order chi connectivity index (χ1) is 15.4. The lowest BCUT2D eigenvalue weighted by molar-refractivity contribution is -0.113. The van der Waals surface area contributed by atoms with Crippen LogP contribution in [0.15, 0.2) is 54.9 Å². The number of benzene rings is 2. The fourth-order valence-electron chi connectivity index (χ4n) is 2.52. The van der Waals surface area contributed by atoms with E-state index in [-0.39, 0.29) is 5.78 Å². The van der Waals surface area contributed by atoms with Gasteiger partial charge in [-0.2, -0.15) is 0 Å². The highest BCUT2D eigenvalue weighted by Crippen LogP contribution is 2.27. The number of nitrogens with zero attached hydrogens (tertiary/aromatic N) is 1. The number of carbonyl (C=O) groups excluding carboxylic acids is 1. The number of allylic oxidation sites excluding steroid dienone is 1. The molecule has 0 heterocycles. The minimum Gasteiger partial charge on any atom is -0.355 e. The van der Waals surface area contributed by atoms with E-state index < -0.39 is 17.5 Å². The molecule has 2 nitrogen and oxygen atoms in total. The number of rotatable bonds is 6. The van der Waals surface area contributed by atoms with Crippen LogP contribution in [0.25, 0.3) is 11.1 Å². The van der Waals surface area contributed by atoms with Gasteiger partial charge in [0.25, 0.3) is 0 Å². The number of hydrogen-bond acceptors (Lipinski definition) is 2. The highest BCUT2D eigenvalue weighted by atomic mass is 19.2. The van der Waals surface area contributed by atoms with Gasteiger partial charge in [-0.25, -0.2) is 13.2 Å². The molecule has 0 aliphatic rings. The molecule has 0 spiro atoms. The summed E-state index contributed by atoms with van der Waals surface area (Å²) in [7, 11) is 0. The van der Waals surface area contributed by atoms with Crippen molar-refractivity contribution in [3.8, 4) is 11.1 Å². The topological polar surface area (TPSA) is 20.3 Å². The first-order valence-electron chi connectivity index (χ1n) is 11.2. The van der Waals surface area contributed by atoms with Crippen molar-refractivity contribution >= 4 is 5.78 Å². The van der Waals surface area contributed by atoms with Gasteiger partial charge < -0.3 is 4.90 Å². The average Bonchev–Trinajstić information content (AvgIpc) is 2.75. The van der Waals surface area contributed by atoms with E-state index >= 15 is 0 Å². The van der Waals surface area contributed by atoms with Crippen molar-refractivity contribution < 1.29 is 18.0 Å². The van der Waals surface area contributed by atoms with Gasteiger partial charge in [0.1, 0.15) is 0 Å². The van der Waals surface area contributed by atoms with E-state index in [1.165, 1.54) is 0 Å². The fourth-order valence-corrected chi connectivity index (χ4v) is 2.52. The Bertz CT molecular complexity index is 922. The van der Waals surface area contributed by atoms with Gasteiger partial charge in [0.2, 0.25) is 0 Å². The number of Topliss-reactive ketones (excluding diaryl/α,β-unsaturated/α-hetero) is 1. The van der Waals surface area contributed by atoms with Crippen LogP contribution in [0.5, 0.6) is 0 Å². The van der Waals surface area contributed by atoms with E-state index in [2.05, 4.69) is 27.4 Å². The van der Waals surface area contributed by atoms with Crippen LogP contribution >= 0.6 is 0 Å². The van der Waals surface area contributed by atoms with Gasteiger partial charge in [0.05, 0.1) is 0 Å². The van der Waals surface area contributed by atoms with Crippen LogP contribution in [-0.2, 0) is 11.2 Å². The van der Waals surface area contributed by atoms with E-state index in [0.717, 1.165) is 53.3 Å². The lowest BCUT2D eigenvalue weighted by atomic mass is 9.97. The maximum absolute atomic E-state index is 13.2. The van der Waals surface area contributed by atoms with E-state index in [0.29, 0.717) is 5.56 Å². The van der Waals surface area contributed by atoms with Crippen molar-refractivity contribution in [2.75, 3.05) is 6.54 Å². The summed E-state index contributed by atoms with van der Waals surface area (Å²) in [5.41, 5.74) is 3.82. The van der Waals surface area contributed by atoms with Gasteiger partial charge in [0, 0.05) is 18.3 Å². The van der Waals surface area contributed by atoms with Gasteiger partial charge in [-0.1, -0.05) is 52.5 Å².